The third-order valence-corrected chi connectivity index (χ3v) is 4.70. The third-order valence-electron chi connectivity index (χ3n) is 4.70. The molecular formula is C21H17F3N4O4. The molecule has 4 rings (SSSR count). The van der Waals surface area contributed by atoms with Crippen molar-refractivity contribution in [1.82, 2.24) is 9.97 Å². The SMILES string of the molecule is O=CCOC1CN(c2ccc(NC(=O)c3nc(-c4ccccc4)oc3C(F)(F)F)cn2)C1. The van der Waals surface area contributed by atoms with Crippen LogP contribution in [0.4, 0.5) is 24.7 Å². The van der Waals surface area contributed by atoms with Gasteiger partial charge in [-0.3, -0.25) is 4.79 Å². The van der Waals surface area contributed by atoms with E-state index in [4.69, 9.17) is 9.15 Å². The zero-order chi connectivity index (χ0) is 22.7. The van der Waals surface area contributed by atoms with Gasteiger partial charge in [0.1, 0.15) is 18.7 Å². The topological polar surface area (TPSA) is 97.6 Å². The molecule has 8 nitrogen and oxygen atoms in total. The Labute approximate surface area is 180 Å². The van der Waals surface area contributed by atoms with Crippen molar-refractivity contribution in [2.24, 2.45) is 0 Å². The smallest absolute Gasteiger partial charge is 0.431 e. The molecule has 166 valence electrons. The van der Waals surface area contributed by atoms with Gasteiger partial charge in [-0.15, -0.1) is 0 Å². The molecule has 1 fully saturated rings. The van der Waals surface area contributed by atoms with E-state index < -0.39 is 23.5 Å². The minimum Gasteiger partial charge on any atom is -0.431 e. The van der Waals surface area contributed by atoms with Crippen molar-refractivity contribution in [3.8, 4) is 11.5 Å². The van der Waals surface area contributed by atoms with Gasteiger partial charge in [0.25, 0.3) is 5.91 Å². The lowest BCUT2D eigenvalue weighted by molar-refractivity contribution is -0.153. The van der Waals surface area contributed by atoms with Crippen molar-refractivity contribution >= 4 is 23.7 Å². The number of carbonyl (C=O) groups excluding carboxylic acids is 2. The van der Waals surface area contributed by atoms with E-state index in [-0.39, 0.29) is 24.3 Å². The molecule has 0 radical (unpaired) electrons. The Morgan fingerprint density at radius 2 is 1.97 bits per heavy atom. The molecule has 0 spiro atoms. The van der Waals surface area contributed by atoms with Gasteiger partial charge in [-0.05, 0) is 24.3 Å². The number of carbonyl (C=O) groups is 2. The first kappa shape index (κ1) is 21.5. The number of pyridine rings is 1. The summed E-state index contributed by atoms with van der Waals surface area (Å²) in [4.78, 5) is 32.7. The van der Waals surface area contributed by atoms with Gasteiger partial charge in [0.15, 0.2) is 5.69 Å². The molecule has 32 heavy (non-hydrogen) atoms. The van der Waals surface area contributed by atoms with Gasteiger partial charge in [0.05, 0.1) is 18.0 Å². The van der Waals surface area contributed by atoms with Crippen LogP contribution in [0.3, 0.4) is 0 Å². The van der Waals surface area contributed by atoms with Gasteiger partial charge in [0, 0.05) is 18.7 Å². The predicted octanol–water partition coefficient (Wildman–Crippen LogP) is 3.41. The summed E-state index contributed by atoms with van der Waals surface area (Å²) in [6, 6.07) is 11.1. The van der Waals surface area contributed by atoms with Crippen molar-refractivity contribution < 1.29 is 31.9 Å². The molecule has 1 N–H and O–H groups in total. The second kappa shape index (κ2) is 8.79. The zero-order valence-corrected chi connectivity index (χ0v) is 16.5. The van der Waals surface area contributed by atoms with E-state index in [0.717, 1.165) is 0 Å². The minimum atomic E-state index is -4.89. The van der Waals surface area contributed by atoms with Crippen molar-refractivity contribution in [3.63, 3.8) is 0 Å². The summed E-state index contributed by atoms with van der Waals surface area (Å²) < 4.78 is 50.4. The number of amides is 1. The highest BCUT2D eigenvalue weighted by atomic mass is 19.4. The Bertz CT molecular complexity index is 1090. The van der Waals surface area contributed by atoms with Crippen LogP contribution in [0.2, 0.25) is 0 Å². The lowest BCUT2D eigenvalue weighted by atomic mass is 10.1. The van der Waals surface area contributed by atoms with Crippen LogP contribution < -0.4 is 10.2 Å². The normalized spacial score (nSPS) is 14.2. The molecule has 3 heterocycles. The van der Waals surface area contributed by atoms with Crippen LogP contribution in [-0.2, 0) is 15.7 Å². The Hall–Kier alpha value is -3.73. The predicted molar refractivity (Wildman–Crippen MR) is 107 cm³/mol. The molecule has 3 aromatic rings. The van der Waals surface area contributed by atoms with Crippen LogP contribution in [-0.4, -0.2) is 48.0 Å². The molecule has 1 amide bonds. The van der Waals surface area contributed by atoms with Crippen LogP contribution in [0.25, 0.3) is 11.5 Å². The fourth-order valence-corrected chi connectivity index (χ4v) is 3.11. The zero-order valence-electron chi connectivity index (χ0n) is 16.5. The van der Waals surface area contributed by atoms with Gasteiger partial charge in [-0.1, -0.05) is 18.2 Å². The molecule has 0 atom stereocenters. The second-order valence-corrected chi connectivity index (χ2v) is 6.95. The maximum absolute atomic E-state index is 13.4. The Morgan fingerprint density at radius 3 is 2.59 bits per heavy atom. The number of nitrogens with zero attached hydrogens (tertiary/aromatic N) is 3. The number of aromatic nitrogens is 2. The molecule has 0 unspecified atom stereocenters. The maximum Gasteiger partial charge on any atom is 0.452 e. The average molecular weight is 446 g/mol. The molecule has 0 saturated carbocycles. The minimum absolute atomic E-state index is 0.0326. The number of alkyl halides is 3. The lowest BCUT2D eigenvalue weighted by Gasteiger charge is -2.39. The number of rotatable bonds is 7. The summed E-state index contributed by atoms with van der Waals surface area (Å²) in [5.74, 6) is -2.23. The number of halogens is 3. The Balaban J connectivity index is 1.47. The number of hydrogen-bond acceptors (Lipinski definition) is 7. The van der Waals surface area contributed by atoms with Crippen LogP contribution in [0, 0.1) is 0 Å². The summed E-state index contributed by atoms with van der Waals surface area (Å²) in [6.07, 6.45) is -2.94. The molecule has 1 aromatic carbocycles. The van der Waals surface area contributed by atoms with Crippen LogP contribution in [0.1, 0.15) is 16.2 Å². The fourth-order valence-electron chi connectivity index (χ4n) is 3.11. The van der Waals surface area contributed by atoms with Crippen molar-refractivity contribution in [3.05, 3.63) is 60.1 Å². The van der Waals surface area contributed by atoms with E-state index in [1.54, 1.807) is 24.3 Å². The van der Waals surface area contributed by atoms with Crippen molar-refractivity contribution in [1.29, 1.82) is 0 Å². The molecule has 0 aliphatic carbocycles. The molecule has 0 bridgehead atoms. The van der Waals surface area contributed by atoms with Crippen LogP contribution >= 0.6 is 0 Å². The molecular weight excluding hydrogens is 429 g/mol. The molecule has 1 aliphatic rings. The Morgan fingerprint density at radius 1 is 1.22 bits per heavy atom. The van der Waals surface area contributed by atoms with Crippen molar-refractivity contribution in [2.45, 2.75) is 12.3 Å². The Kier molecular flexibility index (Phi) is 5.91. The van der Waals surface area contributed by atoms with Crippen LogP contribution in [0.15, 0.2) is 53.1 Å². The van der Waals surface area contributed by atoms with Gasteiger partial charge in [-0.25, -0.2) is 9.97 Å². The summed E-state index contributed by atoms with van der Waals surface area (Å²) >= 11 is 0. The van der Waals surface area contributed by atoms with Gasteiger partial charge in [-0.2, -0.15) is 13.2 Å². The standard InChI is InChI=1S/C21H17F3N4O4/c22-21(23,24)18-17(27-20(32-18)13-4-2-1-3-5-13)19(30)26-14-6-7-16(25-10-14)28-11-15(12-28)31-9-8-29/h1-8,10,15H,9,11-12H2,(H,26,30). The largest absolute Gasteiger partial charge is 0.452 e. The molecule has 2 aromatic heterocycles. The summed E-state index contributed by atoms with van der Waals surface area (Å²) in [7, 11) is 0. The maximum atomic E-state index is 13.4. The first-order valence-electron chi connectivity index (χ1n) is 9.56. The quantitative estimate of drug-likeness (QED) is 0.556. The number of ether oxygens (including phenoxy) is 1. The number of benzene rings is 1. The van der Waals surface area contributed by atoms with E-state index in [9.17, 15) is 22.8 Å². The lowest BCUT2D eigenvalue weighted by Crippen LogP contribution is -2.52. The first-order chi connectivity index (χ1) is 15.3. The van der Waals surface area contributed by atoms with E-state index >= 15 is 0 Å². The highest BCUT2D eigenvalue weighted by Crippen LogP contribution is 2.35. The van der Waals surface area contributed by atoms with Crippen molar-refractivity contribution in [2.75, 3.05) is 29.9 Å². The second-order valence-electron chi connectivity index (χ2n) is 6.95. The summed E-state index contributed by atoms with van der Waals surface area (Å²) in [5.41, 5.74) is -0.350. The third kappa shape index (κ3) is 4.62. The van der Waals surface area contributed by atoms with E-state index in [2.05, 4.69) is 15.3 Å². The highest BCUT2D eigenvalue weighted by Gasteiger charge is 2.42. The number of oxazole rings is 1. The molecule has 1 saturated heterocycles. The van der Waals surface area contributed by atoms with E-state index in [1.807, 2.05) is 4.90 Å². The number of aldehydes is 1. The first-order valence-corrected chi connectivity index (χ1v) is 9.56. The molecule has 1 aliphatic heterocycles. The highest BCUT2D eigenvalue weighted by molar-refractivity contribution is 6.04. The van der Waals surface area contributed by atoms with E-state index in [0.29, 0.717) is 30.8 Å². The number of hydrogen-bond donors (Lipinski definition) is 1. The van der Waals surface area contributed by atoms with Gasteiger partial charge >= 0.3 is 6.18 Å². The number of nitrogens with one attached hydrogen (secondary N) is 1. The summed E-state index contributed by atoms with van der Waals surface area (Å²) in [5, 5.41) is 2.37. The van der Waals surface area contributed by atoms with Crippen LogP contribution in [0.5, 0.6) is 0 Å². The van der Waals surface area contributed by atoms with Gasteiger partial charge < -0.3 is 24.2 Å². The monoisotopic (exact) mass is 446 g/mol. The average Bonchev–Trinajstić information content (AvgIpc) is 3.21. The number of anilines is 2. The van der Waals surface area contributed by atoms with E-state index in [1.165, 1.54) is 24.4 Å². The summed E-state index contributed by atoms with van der Waals surface area (Å²) in [6.45, 7) is 1.15. The fraction of sp³-hybridized carbons (Fsp3) is 0.238. The van der Waals surface area contributed by atoms with Gasteiger partial charge in [0.2, 0.25) is 11.7 Å². The molecule has 11 heteroatoms.